The van der Waals surface area contributed by atoms with Crippen molar-refractivity contribution < 1.29 is 4.79 Å². The fraction of sp³-hybridized carbons (Fsp3) is 0.391. The molecule has 1 saturated heterocycles. The monoisotopic (exact) mass is 389 g/mol. The van der Waals surface area contributed by atoms with E-state index in [4.69, 9.17) is 0 Å². The number of anilines is 1. The van der Waals surface area contributed by atoms with E-state index in [0.717, 1.165) is 30.6 Å². The van der Waals surface area contributed by atoms with E-state index in [1.807, 2.05) is 12.3 Å². The summed E-state index contributed by atoms with van der Waals surface area (Å²) in [5, 5.41) is 3.17. The molecule has 3 aromatic rings. The molecule has 6 heteroatoms. The van der Waals surface area contributed by atoms with Gasteiger partial charge in [0.15, 0.2) is 5.65 Å². The van der Waals surface area contributed by atoms with Gasteiger partial charge >= 0.3 is 0 Å². The molecular formula is C23H27N5O. The van der Waals surface area contributed by atoms with Gasteiger partial charge in [0.1, 0.15) is 5.52 Å². The second-order valence-electron chi connectivity index (χ2n) is 7.97. The van der Waals surface area contributed by atoms with Crippen LogP contribution in [0.2, 0.25) is 0 Å². The SMILES string of the molecule is Cc1cc(C)c(CNC(=O)[C@@H]2CCCN(c3cnc4nccnc4c3)C2)c(C)c1. The van der Waals surface area contributed by atoms with Crippen LogP contribution in [0.4, 0.5) is 5.69 Å². The minimum atomic E-state index is -0.0210. The minimum Gasteiger partial charge on any atom is -0.369 e. The van der Waals surface area contributed by atoms with E-state index < -0.39 is 0 Å². The lowest BCUT2D eigenvalue weighted by molar-refractivity contribution is -0.125. The van der Waals surface area contributed by atoms with E-state index in [2.05, 4.69) is 58.1 Å². The molecule has 0 saturated carbocycles. The number of aromatic nitrogens is 3. The van der Waals surface area contributed by atoms with Crippen molar-refractivity contribution in [2.75, 3.05) is 18.0 Å². The molecule has 0 spiro atoms. The minimum absolute atomic E-state index is 0.0210. The highest BCUT2D eigenvalue weighted by Gasteiger charge is 2.26. The standard InChI is InChI=1S/C23H27N5O/c1-15-9-16(2)20(17(3)10-15)13-27-23(29)18-5-4-8-28(14-18)19-11-21-22(26-12-19)25-7-6-24-21/h6-7,9-12,18H,4-5,8,13-14H2,1-3H3,(H,27,29)/t18-/m1/s1. The highest BCUT2D eigenvalue weighted by molar-refractivity contribution is 5.80. The topological polar surface area (TPSA) is 71.0 Å². The van der Waals surface area contributed by atoms with Gasteiger partial charge < -0.3 is 10.2 Å². The first kappa shape index (κ1) is 19.3. The molecule has 1 aromatic carbocycles. The van der Waals surface area contributed by atoms with Crippen LogP contribution in [-0.4, -0.2) is 33.9 Å². The Morgan fingerprint density at radius 2 is 1.86 bits per heavy atom. The summed E-state index contributed by atoms with van der Waals surface area (Å²) < 4.78 is 0. The van der Waals surface area contributed by atoms with Crippen LogP contribution in [-0.2, 0) is 11.3 Å². The van der Waals surface area contributed by atoms with Crippen LogP contribution in [0.1, 0.15) is 35.1 Å². The summed E-state index contributed by atoms with van der Waals surface area (Å²) >= 11 is 0. The number of nitrogens with zero attached hydrogens (tertiary/aromatic N) is 4. The summed E-state index contributed by atoms with van der Waals surface area (Å²) in [7, 11) is 0. The predicted octanol–water partition coefficient (Wildman–Crippen LogP) is 3.48. The van der Waals surface area contributed by atoms with Crippen molar-refractivity contribution in [3.63, 3.8) is 0 Å². The summed E-state index contributed by atoms with van der Waals surface area (Å²) in [5.74, 6) is 0.106. The first-order chi connectivity index (χ1) is 14.0. The molecular weight excluding hydrogens is 362 g/mol. The first-order valence-electron chi connectivity index (χ1n) is 10.2. The van der Waals surface area contributed by atoms with Crippen LogP contribution in [0.3, 0.4) is 0 Å². The third-order valence-corrected chi connectivity index (χ3v) is 5.75. The highest BCUT2D eigenvalue weighted by Crippen LogP contribution is 2.25. The van der Waals surface area contributed by atoms with Crippen LogP contribution < -0.4 is 10.2 Å². The first-order valence-corrected chi connectivity index (χ1v) is 10.2. The zero-order valence-corrected chi connectivity index (χ0v) is 17.3. The van der Waals surface area contributed by atoms with E-state index in [1.54, 1.807) is 12.4 Å². The Labute approximate surface area is 171 Å². The maximum Gasteiger partial charge on any atom is 0.225 e. The fourth-order valence-corrected chi connectivity index (χ4v) is 4.25. The molecule has 3 heterocycles. The quantitative estimate of drug-likeness (QED) is 0.740. The second kappa shape index (κ2) is 8.15. The molecule has 1 amide bonds. The van der Waals surface area contributed by atoms with Gasteiger partial charge in [-0.3, -0.25) is 9.78 Å². The number of amides is 1. The van der Waals surface area contributed by atoms with Gasteiger partial charge in [-0.05, 0) is 56.4 Å². The molecule has 150 valence electrons. The summed E-state index contributed by atoms with van der Waals surface area (Å²) in [4.78, 5) is 28.1. The molecule has 1 fully saturated rings. The van der Waals surface area contributed by atoms with Gasteiger partial charge in [-0.2, -0.15) is 0 Å². The highest BCUT2D eigenvalue weighted by atomic mass is 16.1. The van der Waals surface area contributed by atoms with Gasteiger partial charge in [0, 0.05) is 32.0 Å². The number of piperidine rings is 1. The molecule has 29 heavy (non-hydrogen) atoms. The molecule has 1 atom stereocenters. The van der Waals surface area contributed by atoms with Crippen molar-refractivity contribution in [3.05, 3.63) is 59.0 Å². The van der Waals surface area contributed by atoms with Gasteiger partial charge in [0.2, 0.25) is 5.91 Å². The number of hydrogen-bond acceptors (Lipinski definition) is 5. The summed E-state index contributed by atoms with van der Waals surface area (Å²) in [6.07, 6.45) is 7.05. The van der Waals surface area contributed by atoms with E-state index in [-0.39, 0.29) is 11.8 Å². The molecule has 1 aliphatic heterocycles. The average molecular weight is 390 g/mol. The normalized spacial score (nSPS) is 16.8. The largest absolute Gasteiger partial charge is 0.369 e. The molecule has 1 aliphatic rings. The van der Waals surface area contributed by atoms with Crippen molar-refractivity contribution in [2.45, 2.75) is 40.2 Å². The molecule has 0 unspecified atom stereocenters. The lowest BCUT2D eigenvalue weighted by atomic mass is 9.96. The number of carbonyl (C=O) groups is 1. The Hall–Kier alpha value is -3.02. The van der Waals surface area contributed by atoms with Crippen molar-refractivity contribution >= 4 is 22.8 Å². The van der Waals surface area contributed by atoms with Crippen LogP contribution in [0.15, 0.2) is 36.8 Å². The number of fused-ring (bicyclic) bond motifs is 1. The summed E-state index contributed by atoms with van der Waals surface area (Å²) in [6.45, 7) is 8.53. The smallest absolute Gasteiger partial charge is 0.225 e. The van der Waals surface area contributed by atoms with Gasteiger partial charge in [-0.1, -0.05) is 17.7 Å². The van der Waals surface area contributed by atoms with Crippen molar-refractivity contribution in [2.24, 2.45) is 5.92 Å². The molecule has 6 nitrogen and oxygen atoms in total. The van der Waals surface area contributed by atoms with Gasteiger partial charge in [0.05, 0.1) is 17.8 Å². The Kier molecular flexibility index (Phi) is 5.43. The number of carbonyl (C=O) groups excluding carboxylic acids is 1. The van der Waals surface area contributed by atoms with E-state index in [0.29, 0.717) is 18.7 Å². The number of benzene rings is 1. The molecule has 1 N–H and O–H groups in total. The number of rotatable bonds is 4. The average Bonchev–Trinajstić information content (AvgIpc) is 2.72. The van der Waals surface area contributed by atoms with Gasteiger partial charge in [0.25, 0.3) is 0 Å². The Morgan fingerprint density at radius 3 is 2.66 bits per heavy atom. The van der Waals surface area contributed by atoms with Crippen LogP contribution in [0.5, 0.6) is 0 Å². The molecule has 4 rings (SSSR count). The zero-order valence-electron chi connectivity index (χ0n) is 17.3. The summed E-state index contributed by atoms with van der Waals surface area (Å²) in [5.41, 5.74) is 7.36. The summed E-state index contributed by atoms with van der Waals surface area (Å²) in [6, 6.07) is 6.35. The van der Waals surface area contributed by atoms with Crippen LogP contribution >= 0.6 is 0 Å². The number of aryl methyl sites for hydroxylation is 3. The molecule has 2 aromatic heterocycles. The Balaban J connectivity index is 1.43. The van der Waals surface area contributed by atoms with Crippen LogP contribution in [0, 0.1) is 26.7 Å². The number of hydrogen-bond donors (Lipinski definition) is 1. The van der Waals surface area contributed by atoms with Crippen molar-refractivity contribution in [1.82, 2.24) is 20.3 Å². The van der Waals surface area contributed by atoms with Gasteiger partial charge in [-0.25, -0.2) is 9.97 Å². The Bertz CT molecular complexity index is 1030. The van der Waals surface area contributed by atoms with Gasteiger partial charge in [-0.15, -0.1) is 0 Å². The fourth-order valence-electron chi connectivity index (χ4n) is 4.25. The third-order valence-electron chi connectivity index (χ3n) is 5.75. The van der Waals surface area contributed by atoms with Crippen LogP contribution in [0.25, 0.3) is 11.2 Å². The maximum absolute atomic E-state index is 12.9. The predicted molar refractivity (Wildman–Crippen MR) is 115 cm³/mol. The van der Waals surface area contributed by atoms with Crippen molar-refractivity contribution in [1.29, 1.82) is 0 Å². The van der Waals surface area contributed by atoms with E-state index in [9.17, 15) is 4.79 Å². The Morgan fingerprint density at radius 1 is 1.10 bits per heavy atom. The maximum atomic E-state index is 12.9. The number of pyridine rings is 1. The molecule has 0 radical (unpaired) electrons. The number of nitrogens with one attached hydrogen (secondary N) is 1. The van der Waals surface area contributed by atoms with E-state index >= 15 is 0 Å². The molecule has 0 aliphatic carbocycles. The third kappa shape index (κ3) is 4.21. The van der Waals surface area contributed by atoms with Crippen molar-refractivity contribution in [3.8, 4) is 0 Å². The molecule has 0 bridgehead atoms. The lowest BCUT2D eigenvalue weighted by Gasteiger charge is -2.33. The zero-order chi connectivity index (χ0) is 20.4. The second-order valence-corrected chi connectivity index (χ2v) is 7.97. The lowest BCUT2D eigenvalue weighted by Crippen LogP contribution is -2.43. The van der Waals surface area contributed by atoms with E-state index in [1.165, 1.54) is 22.3 Å².